The van der Waals surface area contributed by atoms with Gasteiger partial charge in [0.05, 0.1) is 26.9 Å². The first-order chi connectivity index (χ1) is 15.5. The molecule has 0 aliphatic carbocycles. The second-order valence-corrected chi connectivity index (χ2v) is 8.01. The minimum absolute atomic E-state index is 0.0936. The van der Waals surface area contributed by atoms with Crippen molar-refractivity contribution in [1.82, 2.24) is 15.1 Å². The lowest BCUT2D eigenvalue weighted by atomic mass is 10.1. The summed E-state index contributed by atoms with van der Waals surface area (Å²) in [7, 11) is 4.65. The molecule has 1 saturated heterocycles. The zero-order chi connectivity index (χ0) is 22.9. The Labute approximate surface area is 192 Å². The molecule has 0 saturated carbocycles. The summed E-state index contributed by atoms with van der Waals surface area (Å²) in [5.41, 5.74) is 1.52. The van der Waals surface area contributed by atoms with Crippen molar-refractivity contribution in [2.45, 2.75) is 0 Å². The molecule has 9 heteroatoms. The highest BCUT2D eigenvalue weighted by Gasteiger charge is 2.22. The number of methoxy groups -OCH3 is 3. The highest BCUT2D eigenvalue weighted by molar-refractivity contribution is 7.08. The first-order valence-electron chi connectivity index (χ1n) is 10.4. The van der Waals surface area contributed by atoms with Crippen LogP contribution >= 0.6 is 11.3 Å². The van der Waals surface area contributed by atoms with Crippen LogP contribution in [0.1, 0.15) is 15.9 Å². The van der Waals surface area contributed by atoms with Gasteiger partial charge in [-0.1, -0.05) is 0 Å². The number of thiophene rings is 1. The van der Waals surface area contributed by atoms with E-state index < -0.39 is 0 Å². The molecular formula is C23H29N3O5S. The van der Waals surface area contributed by atoms with Crippen LogP contribution in [-0.4, -0.2) is 82.2 Å². The first-order valence-corrected chi connectivity index (χ1v) is 11.3. The number of ether oxygens (including phenoxy) is 3. The van der Waals surface area contributed by atoms with Crippen molar-refractivity contribution in [3.63, 3.8) is 0 Å². The quantitative estimate of drug-likeness (QED) is 0.580. The zero-order valence-corrected chi connectivity index (χ0v) is 19.4. The third-order valence-electron chi connectivity index (χ3n) is 5.27. The van der Waals surface area contributed by atoms with Crippen molar-refractivity contribution in [2.75, 3.05) is 60.6 Å². The lowest BCUT2D eigenvalue weighted by Gasteiger charge is -2.34. The molecule has 0 bridgehead atoms. The highest BCUT2D eigenvalue weighted by Crippen LogP contribution is 2.38. The third kappa shape index (κ3) is 6.02. The summed E-state index contributed by atoms with van der Waals surface area (Å²) in [4.78, 5) is 28.7. The van der Waals surface area contributed by atoms with Crippen LogP contribution in [0.3, 0.4) is 0 Å². The lowest BCUT2D eigenvalue weighted by molar-refractivity contribution is -0.116. The van der Waals surface area contributed by atoms with Gasteiger partial charge in [0.1, 0.15) is 0 Å². The fraction of sp³-hybridized carbons (Fsp3) is 0.391. The number of nitrogens with zero attached hydrogens (tertiary/aromatic N) is 2. The summed E-state index contributed by atoms with van der Waals surface area (Å²) >= 11 is 1.53. The molecule has 2 amide bonds. The van der Waals surface area contributed by atoms with E-state index in [0.29, 0.717) is 36.9 Å². The van der Waals surface area contributed by atoms with Crippen LogP contribution in [0.25, 0.3) is 6.08 Å². The Bertz CT molecular complexity index is 912. The van der Waals surface area contributed by atoms with Gasteiger partial charge >= 0.3 is 0 Å². The Morgan fingerprint density at radius 1 is 1.06 bits per heavy atom. The Kier molecular flexibility index (Phi) is 8.52. The molecular weight excluding hydrogens is 430 g/mol. The Morgan fingerprint density at radius 3 is 2.31 bits per heavy atom. The number of nitrogens with one attached hydrogen (secondary N) is 1. The van der Waals surface area contributed by atoms with Crippen LogP contribution in [0.2, 0.25) is 0 Å². The van der Waals surface area contributed by atoms with Crippen LogP contribution in [0.4, 0.5) is 0 Å². The fourth-order valence-corrected chi connectivity index (χ4v) is 4.14. The van der Waals surface area contributed by atoms with Gasteiger partial charge in [0.15, 0.2) is 11.5 Å². The molecule has 2 heterocycles. The molecule has 1 N–H and O–H groups in total. The molecule has 0 spiro atoms. The summed E-state index contributed by atoms with van der Waals surface area (Å²) in [6.45, 7) is 4.27. The normalized spacial score (nSPS) is 14.4. The molecule has 1 aliphatic rings. The molecule has 32 heavy (non-hydrogen) atoms. The number of hydrogen-bond donors (Lipinski definition) is 1. The second kappa shape index (κ2) is 11.5. The average molecular weight is 460 g/mol. The van der Waals surface area contributed by atoms with Crippen LogP contribution < -0.4 is 19.5 Å². The minimum atomic E-state index is -0.176. The molecule has 1 aliphatic heterocycles. The van der Waals surface area contributed by atoms with Gasteiger partial charge in [0, 0.05) is 50.7 Å². The topological polar surface area (TPSA) is 80.3 Å². The van der Waals surface area contributed by atoms with Gasteiger partial charge in [-0.15, -0.1) is 0 Å². The zero-order valence-electron chi connectivity index (χ0n) is 18.6. The van der Waals surface area contributed by atoms with Crippen LogP contribution in [0, 0.1) is 0 Å². The van der Waals surface area contributed by atoms with E-state index in [4.69, 9.17) is 14.2 Å². The maximum Gasteiger partial charge on any atom is 0.254 e. The molecule has 3 rings (SSSR count). The molecule has 172 valence electrons. The monoisotopic (exact) mass is 459 g/mol. The second-order valence-electron chi connectivity index (χ2n) is 7.23. The smallest absolute Gasteiger partial charge is 0.254 e. The van der Waals surface area contributed by atoms with E-state index in [9.17, 15) is 9.59 Å². The van der Waals surface area contributed by atoms with Crippen LogP contribution in [0.5, 0.6) is 17.2 Å². The summed E-state index contributed by atoms with van der Waals surface area (Å²) in [6, 6.07) is 5.42. The average Bonchev–Trinajstić information content (AvgIpc) is 3.37. The molecule has 1 fully saturated rings. The number of rotatable bonds is 9. The first kappa shape index (κ1) is 23.6. The van der Waals surface area contributed by atoms with Gasteiger partial charge in [-0.3, -0.25) is 14.5 Å². The van der Waals surface area contributed by atoms with E-state index in [2.05, 4.69) is 10.2 Å². The van der Waals surface area contributed by atoms with Crippen molar-refractivity contribution < 1.29 is 23.8 Å². The predicted molar refractivity (Wildman–Crippen MR) is 125 cm³/mol. The molecule has 0 unspecified atom stereocenters. The SMILES string of the molecule is COc1cc(/C=C/C(=O)NCCN2CCN(C(=O)c3ccsc3)CC2)cc(OC)c1OC. The Hall–Kier alpha value is -3.04. The van der Waals surface area contributed by atoms with E-state index in [1.54, 1.807) is 39.5 Å². The number of hydrogen-bond acceptors (Lipinski definition) is 7. The van der Waals surface area contributed by atoms with Crippen molar-refractivity contribution in [1.29, 1.82) is 0 Å². The highest BCUT2D eigenvalue weighted by atomic mass is 32.1. The van der Waals surface area contributed by atoms with E-state index in [-0.39, 0.29) is 11.8 Å². The van der Waals surface area contributed by atoms with Gasteiger partial charge in [0.25, 0.3) is 5.91 Å². The number of carbonyl (C=O) groups is 2. The van der Waals surface area contributed by atoms with Crippen molar-refractivity contribution in [3.8, 4) is 17.2 Å². The van der Waals surface area contributed by atoms with Crippen molar-refractivity contribution in [2.24, 2.45) is 0 Å². The Morgan fingerprint density at radius 2 is 1.75 bits per heavy atom. The van der Waals surface area contributed by atoms with E-state index >= 15 is 0 Å². The standard InChI is InChI=1S/C23H29N3O5S/c1-29-19-14-17(15-20(30-2)22(19)31-3)4-5-21(27)24-7-8-25-9-11-26(12-10-25)23(28)18-6-13-32-16-18/h4-6,13-16H,7-12H2,1-3H3,(H,24,27)/b5-4+. The number of piperazine rings is 1. The minimum Gasteiger partial charge on any atom is -0.493 e. The number of benzene rings is 1. The fourth-order valence-electron chi connectivity index (χ4n) is 3.51. The lowest BCUT2D eigenvalue weighted by Crippen LogP contribution is -2.50. The Balaban J connectivity index is 1.43. The predicted octanol–water partition coefficient (Wildman–Crippen LogP) is 2.36. The van der Waals surface area contributed by atoms with E-state index in [1.807, 2.05) is 21.7 Å². The number of carbonyl (C=O) groups excluding carboxylic acids is 2. The van der Waals surface area contributed by atoms with E-state index in [1.165, 1.54) is 17.4 Å². The summed E-state index contributed by atoms with van der Waals surface area (Å²) < 4.78 is 16.0. The maximum atomic E-state index is 12.4. The molecule has 8 nitrogen and oxygen atoms in total. The largest absolute Gasteiger partial charge is 0.493 e. The number of amides is 2. The van der Waals surface area contributed by atoms with Gasteiger partial charge in [-0.25, -0.2) is 0 Å². The molecule has 1 aromatic carbocycles. The molecule has 1 aromatic heterocycles. The van der Waals surface area contributed by atoms with Gasteiger partial charge in [0.2, 0.25) is 11.7 Å². The third-order valence-corrected chi connectivity index (χ3v) is 5.95. The molecule has 0 radical (unpaired) electrons. The van der Waals surface area contributed by atoms with Crippen LogP contribution in [-0.2, 0) is 4.79 Å². The summed E-state index contributed by atoms with van der Waals surface area (Å²) in [6.07, 6.45) is 3.19. The van der Waals surface area contributed by atoms with E-state index in [0.717, 1.165) is 30.8 Å². The van der Waals surface area contributed by atoms with Crippen molar-refractivity contribution >= 4 is 29.2 Å². The van der Waals surface area contributed by atoms with Gasteiger partial charge < -0.3 is 24.4 Å². The van der Waals surface area contributed by atoms with Gasteiger partial charge in [-0.2, -0.15) is 11.3 Å². The van der Waals surface area contributed by atoms with Crippen LogP contribution in [0.15, 0.2) is 35.0 Å². The summed E-state index contributed by atoms with van der Waals surface area (Å²) in [5, 5.41) is 6.71. The van der Waals surface area contributed by atoms with Gasteiger partial charge in [-0.05, 0) is 35.2 Å². The maximum absolute atomic E-state index is 12.4. The molecule has 0 atom stereocenters. The summed E-state index contributed by atoms with van der Waals surface area (Å²) in [5.74, 6) is 1.49. The molecule has 2 aromatic rings. The van der Waals surface area contributed by atoms with Crippen molar-refractivity contribution in [3.05, 3.63) is 46.2 Å².